The molecule has 3 aromatic rings. The quantitative estimate of drug-likeness (QED) is 0.772. The molecule has 0 bridgehead atoms. The third-order valence-corrected chi connectivity index (χ3v) is 4.21. The summed E-state index contributed by atoms with van der Waals surface area (Å²) in [7, 11) is 1.75. The van der Waals surface area contributed by atoms with Crippen molar-refractivity contribution in [2.75, 3.05) is 12.4 Å². The molecule has 0 saturated carbocycles. The number of nitrogens with one attached hydrogen (secondary N) is 1. The molecule has 2 aromatic heterocycles. The summed E-state index contributed by atoms with van der Waals surface area (Å²) < 4.78 is 0. The van der Waals surface area contributed by atoms with E-state index in [-0.39, 0.29) is 12.1 Å². The molecule has 2 amide bonds. The van der Waals surface area contributed by atoms with E-state index in [1.807, 2.05) is 62.4 Å². The average molecular weight is 347 g/mol. The van der Waals surface area contributed by atoms with Crippen LogP contribution in [0.4, 0.5) is 10.5 Å². The first-order chi connectivity index (χ1) is 12.5. The summed E-state index contributed by atoms with van der Waals surface area (Å²) in [6.07, 6.45) is 3.46. The number of carbonyl (C=O) groups excluding carboxylic acids is 1. The van der Waals surface area contributed by atoms with Gasteiger partial charge in [-0.2, -0.15) is 0 Å². The van der Waals surface area contributed by atoms with Crippen molar-refractivity contribution in [3.05, 3.63) is 72.3 Å². The summed E-state index contributed by atoms with van der Waals surface area (Å²) in [4.78, 5) is 27.1. The molecule has 1 aromatic carbocycles. The third-order valence-electron chi connectivity index (χ3n) is 4.21. The minimum absolute atomic E-state index is 0.129. The summed E-state index contributed by atoms with van der Waals surface area (Å²) >= 11 is 0. The number of aryl methyl sites for hydroxylation is 1. The van der Waals surface area contributed by atoms with Crippen LogP contribution >= 0.6 is 0 Å². The van der Waals surface area contributed by atoms with Gasteiger partial charge < -0.3 is 10.2 Å². The molecule has 3 rings (SSSR count). The molecule has 0 aliphatic heterocycles. The Morgan fingerprint density at radius 3 is 2.46 bits per heavy atom. The van der Waals surface area contributed by atoms with E-state index in [2.05, 4.69) is 20.3 Å². The molecule has 26 heavy (non-hydrogen) atoms. The number of anilines is 1. The Bertz CT molecular complexity index is 880. The van der Waals surface area contributed by atoms with E-state index in [9.17, 15) is 4.79 Å². The van der Waals surface area contributed by atoms with E-state index in [1.165, 1.54) is 0 Å². The van der Waals surface area contributed by atoms with Crippen molar-refractivity contribution >= 4 is 11.7 Å². The average Bonchev–Trinajstić information content (AvgIpc) is 2.68. The Hall–Kier alpha value is -3.28. The highest BCUT2D eigenvalue weighted by Gasteiger charge is 2.18. The lowest BCUT2D eigenvalue weighted by molar-refractivity contribution is 0.207. The van der Waals surface area contributed by atoms with Gasteiger partial charge in [0.15, 0.2) is 5.82 Å². The number of amides is 2. The normalized spacial score (nSPS) is 11.7. The van der Waals surface area contributed by atoms with Crippen LogP contribution in [0.3, 0.4) is 0 Å². The Balaban J connectivity index is 1.68. The van der Waals surface area contributed by atoms with Gasteiger partial charge in [-0.3, -0.25) is 4.98 Å². The second-order valence-electron chi connectivity index (χ2n) is 6.07. The number of aromatic nitrogens is 3. The number of rotatable bonds is 4. The summed E-state index contributed by atoms with van der Waals surface area (Å²) in [5.74, 6) is 0.670. The zero-order valence-electron chi connectivity index (χ0n) is 15.0. The van der Waals surface area contributed by atoms with Crippen molar-refractivity contribution in [3.63, 3.8) is 0 Å². The van der Waals surface area contributed by atoms with Crippen LogP contribution in [0.5, 0.6) is 0 Å². The number of hydrogen-bond donors (Lipinski definition) is 1. The molecule has 0 aliphatic carbocycles. The summed E-state index contributed by atoms with van der Waals surface area (Å²) in [5, 5.41) is 2.90. The van der Waals surface area contributed by atoms with Gasteiger partial charge in [-0.05, 0) is 56.3 Å². The first-order valence-electron chi connectivity index (χ1n) is 8.39. The summed E-state index contributed by atoms with van der Waals surface area (Å²) in [6, 6.07) is 14.7. The number of nitrogens with zero attached hydrogens (tertiary/aromatic N) is 4. The second-order valence-corrected chi connectivity index (χ2v) is 6.07. The van der Waals surface area contributed by atoms with E-state index >= 15 is 0 Å². The van der Waals surface area contributed by atoms with E-state index < -0.39 is 0 Å². The molecule has 6 nitrogen and oxygen atoms in total. The van der Waals surface area contributed by atoms with Gasteiger partial charge in [0.05, 0.1) is 11.7 Å². The Labute approximate surface area is 153 Å². The zero-order valence-corrected chi connectivity index (χ0v) is 15.0. The Kier molecular flexibility index (Phi) is 5.22. The summed E-state index contributed by atoms with van der Waals surface area (Å²) in [5.41, 5.74) is 3.38. The lowest BCUT2D eigenvalue weighted by atomic mass is 10.2. The minimum Gasteiger partial charge on any atom is -0.319 e. The molecule has 0 fully saturated rings. The largest absolute Gasteiger partial charge is 0.322 e. The molecule has 0 saturated heterocycles. The lowest BCUT2D eigenvalue weighted by Gasteiger charge is -2.24. The monoisotopic (exact) mass is 347 g/mol. The van der Waals surface area contributed by atoms with Gasteiger partial charge in [0.25, 0.3) is 0 Å². The van der Waals surface area contributed by atoms with Crippen LogP contribution < -0.4 is 5.32 Å². The highest BCUT2D eigenvalue weighted by Crippen LogP contribution is 2.20. The van der Waals surface area contributed by atoms with Crippen LogP contribution in [-0.4, -0.2) is 32.9 Å². The molecular formula is C20H21N5O. The fourth-order valence-electron chi connectivity index (χ4n) is 2.50. The van der Waals surface area contributed by atoms with Gasteiger partial charge in [0, 0.05) is 36.4 Å². The number of carbonyl (C=O) groups is 1. The number of pyridine rings is 1. The Morgan fingerprint density at radius 1 is 1.04 bits per heavy atom. The van der Waals surface area contributed by atoms with Gasteiger partial charge >= 0.3 is 6.03 Å². The standard InChI is InChI=1S/C20H21N5O/c1-14-11-13-22-19(23-14)16-7-9-17(10-8-16)24-20(26)25(3)15(2)18-6-4-5-12-21-18/h4-13,15H,1-3H3,(H,24,26). The molecule has 0 spiro atoms. The molecular weight excluding hydrogens is 326 g/mol. The molecule has 1 unspecified atom stereocenters. The fourth-order valence-corrected chi connectivity index (χ4v) is 2.50. The smallest absolute Gasteiger partial charge is 0.319 e. The van der Waals surface area contributed by atoms with Gasteiger partial charge in [-0.15, -0.1) is 0 Å². The fraction of sp³-hybridized carbons (Fsp3) is 0.200. The van der Waals surface area contributed by atoms with Crippen LogP contribution in [0.15, 0.2) is 60.9 Å². The minimum atomic E-state index is -0.192. The molecule has 1 atom stereocenters. The van der Waals surface area contributed by atoms with Gasteiger partial charge in [0.2, 0.25) is 0 Å². The lowest BCUT2D eigenvalue weighted by Crippen LogP contribution is -2.33. The Morgan fingerprint density at radius 2 is 1.81 bits per heavy atom. The first-order valence-corrected chi connectivity index (χ1v) is 8.39. The predicted molar refractivity (Wildman–Crippen MR) is 102 cm³/mol. The van der Waals surface area contributed by atoms with Crippen molar-refractivity contribution in [1.82, 2.24) is 19.9 Å². The van der Waals surface area contributed by atoms with E-state index in [0.29, 0.717) is 11.5 Å². The van der Waals surface area contributed by atoms with Crippen molar-refractivity contribution in [2.24, 2.45) is 0 Å². The van der Waals surface area contributed by atoms with Crippen LogP contribution in [0, 0.1) is 6.92 Å². The van der Waals surface area contributed by atoms with Crippen LogP contribution in [0.1, 0.15) is 24.4 Å². The molecule has 0 aliphatic rings. The molecule has 2 heterocycles. The molecule has 132 valence electrons. The predicted octanol–water partition coefficient (Wildman–Crippen LogP) is 4.07. The van der Waals surface area contributed by atoms with Crippen molar-refractivity contribution in [2.45, 2.75) is 19.9 Å². The van der Waals surface area contributed by atoms with Crippen LogP contribution in [-0.2, 0) is 0 Å². The number of hydrogen-bond acceptors (Lipinski definition) is 4. The van der Waals surface area contributed by atoms with Crippen LogP contribution in [0.2, 0.25) is 0 Å². The number of urea groups is 1. The van der Waals surface area contributed by atoms with Gasteiger partial charge in [0.1, 0.15) is 0 Å². The van der Waals surface area contributed by atoms with Crippen LogP contribution in [0.25, 0.3) is 11.4 Å². The summed E-state index contributed by atoms with van der Waals surface area (Å²) in [6.45, 7) is 3.87. The van der Waals surface area contributed by atoms with Gasteiger partial charge in [-0.25, -0.2) is 14.8 Å². The second kappa shape index (κ2) is 7.74. The van der Waals surface area contributed by atoms with E-state index in [1.54, 1.807) is 24.3 Å². The highest BCUT2D eigenvalue weighted by atomic mass is 16.2. The topological polar surface area (TPSA) is 71.0 Å². The van der Waals surface area contributed by atoms with Gasteiger partial charge in [-0.1, -0.05) is 6.07 Å². The third kappa shape index (κ3) is 4.03. The van der Waals surface area contributed by atoms with E-state index in [0.717, 1.165) is 17.0 Å². The maximum atomic E-state index is 12.5. The van der Waals surface area contributed by atoms with E-state index in [4.69, 9.17) is 0 Å². The first kappa shape index (κ1) is 17.5. The maximum Gasteiger partial charge on any atom is 0.322 e. The SMILES string of the molecule is Cc1ccnc(-c2ccc(NC(=O)N(C)C(C)c3ccccn3)cc2)n1. The molecule has 1 N–H and O–H groups in total. The van der Waals surface area contributed by atoms with Crippen molar-refractivity contribution < 1.29 is 4.79 Å². The molecule has 0 radical (unpaired) electrons. The zero-order chi connectivity index (χ0) is 18.5. The van der Waals surface area contributed by atoms with Crippen molar-refractivity contribution in [3.8, 4) is 11.4 Å². The highest BCUT2D eigenvalue weighted by molar-refractivity contribution is 5.89. The maximum absolute atomic E-state index is 12.5. The van der Waals surface area contributed by atoms with Crippen molar-refractivity contribution in [1.29, 1.82) is 0 Å². The number of benzene rings is 1. The molecule has 6 heteroatoms.